The van der Waals surface area contributed by atoms with Crippen LogP contribution in [0.5, 0.6) is 5.75 Å². The Morgan fingerprint density at radius 3 is 2.60 bits per heavy atom. The first-order valence-corrected chi connectivity index (χ1v) is 9.61. The van der Waals surface area contributed by atoms with Crippen molar-refractivity contribution in [2.24, 2.45) is 0 Å². The summed E-state index contributed by atoms with van der Waals surface area (Å²) < 4.78 is 8.45. The molecule has 0 spiro atoms. The Labute approximate surface area is 172 Å². The summed E-state index contributed by atoms with van der Waals surface area (Å²) in [5, 5.41) is 7.20. The summed E-state index contributed by atoms with van der Waals surface area (Å²) >= 11 is 0. The maximum atomic E-state index is 12.8. The number of benzene rings is 2. The molecule has 0 aliphatic heterocycles. The molecule has 0 bridgehead atoms. The Morgan fingerprint density at radius 1 is 1.10 bits per heavy atom. The van der Waals surface area contributed by atoms with Gasteiger partial charge in [-0.15, -0.1) is 5.10 Å². The molecule has 2 aromatic heterocycles. The van der Waals surface area contributed by atoms with Crippen LogP contribution in [0, 0.1) is 6.92 Å². The lowest BCUT2D eigenvalue weighted by Crippen LogP contribution is -2.25. The smallest absolute Gasteiger partial charge is 0.275 e. The number of para-hydroxylation sites is 2. The number of nitrogens with one attached hydrogen (secondary N) is 1. The quantitative estimate of drug-likeness (QED) is 0.535. The van der Waals surface area contributed by atoms with Gasteiger partial charge in [-0.3, -0.25) is 9.59 Å². The van der Waals surface area contributed by atoms with Gasteiger partial charge in [-0.2, -0.15) is 9.50 Å². The van der Waals surface area contributed by atoms with E-state index in [1.54, 1.807) is 23.6 Å². The Balaban J connectivity index is 1.68. The molecule has 0 saturated heterocycles. The van der Waals surface area contributed by atoms with Gasteiger partial charge in [-0.1, -0.05) is 42.5 Å². The van der Waals surface area contributed by atoms with E-state index < -0.39 is 0 Å². The molecular formula is C22H21N5O3. The largest absolute Gasteiger partial charge is 0.492 e. The van der Waals surface area contributed by atoms with Gasteiger partial charge >= 0.3 is 0 Å². The molecule has 2 aromatic carbocycles. The zero-order valence-corrected chi connectivity index (χ0v) is 16.7. The van der Waals surface area contributed by atoms with Crippen molar-refractivity contribution < 1.29 is 9.53 Å². The number of hydrogen-bond acceptors (Lipinski definition) is 5. The zero-order chi connectivity index (χ0) is 21.1. The molecule has 2 heterocycles. The van der Waals surface area contributed by atoms with Crippen LogP contribution < -0.4 is 15.6 Å². The second kappa shape index (κ2) is 8.20. The van der Waals surface area contributed by atoms with E-state index in [1.165, 1.54) is 10.6 Å². The number of ether oxygens (including phenoxy) is 1. The summed E-state index contributed by atoms with van der Waals surface area (Å²) in [5.74, 6) is 1.07. The number of anilines is 1. The van der Waals surface area contributed by atoms with Gasteiger partial charge in [0.25, 0.3) is 5.56 Å². The maximum absolute atomic E-state index is 12.8. The van der Waals surface area contributed by atoms with Crippen molar-refractivity contribution >= 4 is 17.4 Å². The van der Waals surface area contributed by atoms with Crippen LogP contribution in [-0.2, 0) is 11.3 Å². The Hall–Kier alpha value is -3.94. The number of rotatable bonds is 6. The first kappa shape index (κ1) is 19.4. The molecule has 4 rings (SSSR count). The summed E-state index contributed by atoms with van der Waals surface area (Å²) in [4.78, 5) is 29.7. The number of aromatic nitrogens is 4. The van der Waals surface area contributed by atoms with Crippen LogP contribution in [0.25, 0.3) is 17.2 Å². The van der Waals surface area contributed by atoms with E-state index in [0.717, 1.165) is 5.56 Å². The SMILES string of the molecule is CCOc1ccccc1NC(=O)Cn1c(C)cc(=O)n2nc(-c3ccccc3)nc12. The summed E-state index contributed by atoms with van der Waals surface area (Å²) in [5.41, 5.74) is 1.70. The van der Waals surface area contributed by atoms with Crippen molar-refractivity contribution in [1.82, 2.24) is 19.2 Å². The highest BCUT2D eigenvalue weighted by Gasteiger charge is 2.16. The molecule has 0 unspecified atom stereocenters. The van der Waals surface area contributed by atoms with Gasteiger partial charge in [0.15, 0.2) is 5.82 Å². The van der Waals surface area contributed by atoms with E-state index in [2.05, 4.69) is 15.4 Å². The number of carbonyl (C=O) groups is 1. The van der Waals surface area contributed by atoms with Crippen LogP contribution >= 0.6 is 0 Å². The minimum Gasteiger partial charge on any atom is -0.492 e. The van der Waals surface area contributed by atoms with Crippen molar-refractivity contribution in [2.75, 3.05) is 11.9 Å². The monoisotopic (exact) mass is 403 g/mol. The molecule has 30 heavy (non-hydrogen) atoms. The average Bonchev–Trinajstić information content (AvgIpc) is 3.19. The van der Waals surface area contributed by atoms with Gasteiger partial charge < -0.3 is 14.6 Å². The number of aryl methyl sites for hydroxylation is 1. The zero-order valence-electron chi connectivity index (χ0n) is 16.7. The minimum atomic E-state index is -0.296. The van der Waals surface area contributed by atoms with E-state index in [0.29, 0.717) is 35.3 Å². The van der Waals surface area contributed by atoms with Crippen molar-refractivity contribution in [3.05, 3.63) is 76.7 Å². The standard InChI is InChI=1S/C22H21N5O3/c1-3-30-18-12-8-7-11-17(18)23-19(28)14-26-15(2)13-20(29)27-22(26)24-21(25-27)16-9-5-4-6-10-16/h4-13H,3,14H2,1-2H3,(H,23,28). The molecule has 8 heteroatoms. The second-order valence-corrected chi connectivity index (χ2v) is 6.70. The number of nitrogens with zero attached hydrogens (tertiary/aromatic N) is 4. The highest BCUT2D eigenvalue weighted by molar-refractivity contribution is 5.92. The van der Waals surface area contributed by atoms with Crippen LogP contribution in [0.3, 0.4) is 0 Å². The molecule has 4 aromatic rings. The third kappa shape index (κ3) is 3.80. The number of amides is 1. The minimum absolute atomic E-state index is 0.0248. The predicted octanol–water partition coefficient (Wildman–Crippen LogP) is 2.90. The normalized spacial score (nSPS) is 10.9. The fourth-order valence-electron chi connectivity index (χ4n) is 3.19. The van der Waals surface area contributed by atoms with Crippen LogP contribution in [0.15, 0.2) is 65.5 Å². The van der Waals surface area contributed by atoms with Crippen LogP contribution in [0.4, 0.5) is 5.69 Å². The topological polar surface area (TPSA) is 90.5 Å². The van der Waals surface area contributed by atoms with E-state index in [1.807, 2.05) is 49.4 Å². The maximum Gasteiger partial charge on any atom is 0.275 e. The first-order chi connectivity index (χ1) is 14.6. The summed E-state index contributed by atoms with van der Waals surface area (Å²) in [6.07, 6.45) is 0. The summed E-state index contributed by atoms with van der Waals surface area (Å²) in [7, 11) is 0. The van der Waals surface area contributed by atoms with Gasteiger partial charge in [-0.25, -0.2) is 0 Å². The van der Waals surface area contributed by atoms with E-state index in [4.69, 9.17) is 4.74 Å². The molecule has 152 valence electrons. The highest BCUT2D eigenvalue weighted by Crippen LogP contribution is 2.23. The Bertz CT molecular complexity index is 1260. The molecule has 0 aliphatic carbocycles. The van der Waals surface area contributed by atoms with E-state index in [-0.39, 0.29) is 18.0 Å². The number of hydrogen-bond donors (Lipinski definition) is 1. The Kier molecular flexibility index (Phi) is 5.30. The van der Waals surface area contributed by atoms with Crippen LogP contribution in [0.2, 0.25) is 0 Å². The average molecular weight is 403 g/mol. The molecule has 0 fully saturated rings. The van der Waals surface area contributed by atoms with E-state index >= 15 is 0 Å². The molecule has 8 nitrogen and oxygen atoms in total. The molecule has 0 saturated carbocycles. The van der Waals surface area contributed by atoms with Crippen molar-refractivity contribution in [3.8, 4) is 17.1 Å². The second-order valence-electron chi connectivity index (χ2n) is 6.70. The van der Waals surface area contributed by atoms with Gasteiger partial charge in [0.2, 0.25) is 11.7 Å². The lowest BCUT2D eigenvalue weighted by Gasteiger charge is -2.14. The van der Waals surface area contributed by atoms with Gasteiger partial charge in [-0.05, 0) is 26.0 Å². The lowest BCUT2D eigenvalue weighted by atomic mass is 10.2. The van der Waals surface area contributed by atoms with Gasteiger partial charge in [0.05, 0.1) is 12.3 Å². The molecule has 0 atom stereocenters. The summed E-state index contributed by atoms with van der Waals surface area (Å²) in [6.45, 7) is 4.12. The third-order valence-electron chi connectivity index (χ3n) is 4.59. The van der Waals surface area contributed by atoms with Crippen molar-refractivity contribution in [3.63, 3.8) is 0 Å². The molecular weight excluding hydrogens is 382 g/mol. The first-order valence-electron chi connectivity index (χ1n) is 9.61. The van der Waals surface area contributed by atoms with Crippen molar-refractivity contribution in [2.45, 2.75) is 20.4 Å². The molecule has 1 N–H and O–H groups in total. The molecule has 1 amide bonds. The van der Waals surface area contributed by atoms with Gasteiger partial charge in [0.1, 0.15) is 12.3 Å². The lowest BCUT2D eigenvalue weighted by molar-refractivity contribution is -0.116. The van der Waals surface area contributed by atoms with Crippen LogP contribution in [0.1, 0.15) is 12.6 Å². The summed E-state index contributed by atoms with van der Waals surface area (Å²) in [6, 6.07) is 18.1. The number of fused-ring (bicyclic) bond motifs is 1. The molecule has 0 aliphatic rings. The Morgan fingerprint density at radius 2 is 1.83 bits per heavy atom. The predicted molar refractivity (Wildman–Crippen MR) is 114 cm³/mol. The molecule has 0 radical (unpaired) electrons. The van der Waals surface area contributed by atoms with E-state index in [9.17, 15) is 9.59 Å². The third-order valence-corrected chi connectivity index (χ3v) is 4.59. The van der Waals surface area contributed by atoms with Gasteiger partial charge in [0, 0.05) is 17.3 Å². The van der Waals surface area contributed by atoms with Crippen LogP contribution in [-0.4, -0.2) is 31.7 Å². The fraction of sp³-hybridized carbons (Fsp3) is 0.182. The van der Waals surface area contributed by atoms with Crippen molar-refractivity contribution in [1.29, 1.82) is 0 Å². The fourth-order valence-corrected chi connectivity index (χ4v) is 3.19. The highest BCUT2D eigenvalue weighted by atomic mass is 16.5. The number of carbonyl (C=O) groups excluding carboxylic acids is 1.